The van der Waals surface area contributed by atoms with Gasteiger partial charge in [0.2, 0.25) is 0 Å². The van der Waals surface area contributed by atoms with Crippen molar-refractivity contribution < 1.29 is 23.1 Å². The van der Waals surface area contributed by atoms with Crippen molar-refractivity contribution in [2.75, 3.05) is 16.8 Å². The number of carbonyl (C=O) groups is 1. The smallest absolute Gasteiger partial charge is 0.378 e. The van der Waals surface area contributed by atoms with Gasteiger partial charge < -0.3 is 15.3 Å². The molecule has 0 fully saturated rings. The molecule has 9 heteroatoms. The molecule has 0 saturated heterocycles. The number of anilines is 2. The molecule has 0 radical (unpaired) electrons. The lowest BCUT2D eigenvalue weighted by Crippen LogP contribution is -2.49. The number of nitrogens with one attached hydrogen (secondary N) is 1. The van der Waals surface area contributed by atoms with Crippen molar-refractivity contribution in [2.45, 2.75) is 25.2 Å². The lowest BCUT2D eigenvalue weighted by atomic mass is 10.0. The second kappa shape index (κ2) is 10.3. The SMILES string of the molecule is C[C@](O)(CN(Cc1ccccc1)c1ccc(C#N)cc1)C(=O)Nc1ccc(C#N)c(C(F)(F)F)c1. The maximum absolute atomic E-state index is 13.3. The van der Waals surface area contributed by atoms with Crippen molar-refractivity contribution in [3.05, 3.63) is 95.1 Å². The van der Waals surface area contributed by atoms with Gasteiger partial charge >= 0.3 is 6.18 Å². The molecule has 0 heterocycles. The first kappa shape index (κ1) is 25.3. The summed E-state index contributed by atoms with van der Waals surface area (Å²) in [6.45, 7) is 1.39. The molecule has 2 N–H and O–H groups in total. The highest BCUT2D eigenvalue weighted by atomic mass is 19.4. The molecule has 3 rings (SSSR count). The highest BCUT2D eigenvalue weighted by Crippen LogP contribution is 2.33. The molecule has 6 nitrogen and oxygen atoms in total. The number of nitriles is 2. The highest BCUT2D eigenvalue weighted by Gasteiger charge is 2.36. The molecule has 0 spiro atoms. The van der Waals surface area contributed by atoms with E-state index in [4.69, 9.17) is 10.5 Å². The van der Waals surface area contributed by atoms with Crippen LogP contribution >= 0.6 is 0 Å². The average Bonchev–Trinajstić information content (AvgIpc) is 2.83. The molecule has 3 aromatic carbocycles. The Bertz CT molecular complexity index is 1280. The Kier molecular flexibility index (Phi) is 7.43. The van der Waals surface area contributed by atoms with E-state index in [0.29, 0.717) is 23.9 Å². The molecule has 35 heavy (non-hydrogen) atoms. The average molecular weight is 478 g/mol. The number of rotatable bonds is 7. The Balaban J connectivity index is 1.85. The fourth-order valence-electron chi connectivity index (χ4n) is 3.45. The topological polar surface area (TPSA) is 100 Å². The predicted molar refractivity (Wildman–Crippen MR) is 124 cm³/mol. The van der Waals surface area contributed by atoms with E-state index in [1.54, 1.807) is 29.2 Å². The fraction of sp³-hybridized carbons (Fsp3) is 0.192. The van der Waals surface area contributed by atoms with E-state index in [-0.39, 0.29) is 12.2 Å². The van der Waals surface area contributed by atoms with Crippen molar-refractivity contribution >= 4 is 17.3 Å². The number of amides is 1. The predicted octanol–water partition coefficient (Wildman–Crippen LogP) is 4.85. The first-order chi connectivity index (χ1) is 16.5. The van der Waals surface area contributed by atoms with Crippen molar-refractivity contribution in [1.29, 1.82) is 10.5 Å². The number of hydrogen-bond donors (Lipinski definition) is 2. The van der Waals surface area contributed by atoms with Crippen LogP contribution in [0.25, 0.3) is 0 Å². The molecule has 1 amide bonds. The van der Waals surface area contributed by atoms with E-state index in [1.165, 1.54) is 19.1 Å². The number of hydrogen-bond acceptors (Lipinski definition) is 5. The van der Waals surface area contributed by atoms with Gasteiger partial charge in [-0.1, -0.05) is 30.3 Å². The largest absolute Gasteiger partial charge is 0.417 e. The van der Waals surface area contributed by atoms with Crippen LogP contribution < -0.4 is 10.2 Å². The zero-order valence-corrected chi connectivity index (χ0v) is 18.7. The van der Waals surface area contributed by atoms with E-state index in [1.807, 2.05) is 36.4 Å². The number of halogens is 3. The van der Waals surface area contributed by atoms with Crippen LogP contribution in [-0.4, -0.2) is 23.2 Å². The molecule has 3 aromatic rings. The Morgan fingerprint density at radius 1 is 1.00 bits per heavy atom. The van der Waals surface area contributed by atoms with Gasteiger partial charge in [0.05, 0.1) is 35.4 Å². The summed E-state index contributed by atoms with van der Waals surface area (Å²) in [5.41, 5.74) is -1.98. The van der Waals surface area contributed by atoms with Crippen LogP contribution in [0.3, 0.4) is 0 Å². The van der Waals surface area contributed by atoms with E-state index in [2.05, 4.69) is 5.32 Å². The minimum Gasteiger partial charge on any atom is -0.378 e. The Morgan fingerprint density at radius 2 is 1.66 bits per heavy atom. The van der Waals surface area contributed by atoms with Gasteiger partial charge in [-0.15, -0.1) is 0 Å². The molecular weight excluding hydrogens is 457 g/mol. The van der Waals surface area contributed by atoms with Gasteiger partial charge in [-0.3, -0.25) is 4.79 Å². The second-order valence-corrected chi connectivity index (χ2v) is 8.10. The number of benzene rings is 3. The van der Waals surface area contributed by atoms with Crippen molar-refractivity contribution in [1.82, 2.24) is 0 Å². The number of aliphatic hydroxyl groups is 1. The third-order valence-corrected chi connectivity index (χ3v) is 5.27. The first-order valence-electron chi connectivity index (χ1n) is 10.5. The summed E-state index contributed by atoms with van der Waals surface area (Å²) in [6.07, 6.45) is -4.78. The van der Waals surface area contributed by atoms with Gasteiger partial charge in [-0.2, -0.15) is 23.7 Å². The molecule has 1 atom stereocenters. The van der Waals surface area contributed by atoms with E-state index >= 15 is 0 Å². The summed E-state index contributed by atoms with van der Waals surface area (Å²) in [6, 6.07) is 22.2. The second-order valence-electron chi connectivity index (χ2n) is 8.10. The Morgan fingerprint density at radius 3 is 2.23 bits per heavy atom. The summed E-state index contributed by atoms with van der Waals surface area (Å²) in [4.78, 5) is 14.6. The molecular formula is C26H21F3N4O2. The monoisotopic (exact) mass is 478 g/mol. The lowest BCUT2D eigenvalue weighted by Gasteiger charge is -2.32. The molecule has 178 valence electrons. The third kappa shape index (κ3) is 6.38. The molecule has 0 bridgehead atoms. The minimum atomic E-state index is -4.78. The summed E-state index contributed by atoms with van der Waals surface area (Å²) < 4.78 is 39.8. The molecule has 0 aromatic heterocycles. The number of alkyl halides is 3. The summed E-state index contributed by atoms with van der Waals surface area (Å²) >= 11 is 0. The van der Waals surface area contributed by atoms with Gasteiger partial charge in [0.15, 0.2) is 5.60 Å². The Labute approximate surface area is 200 Å². The molecule has 0 unspecified atom stereocenters. The summed E-state index contributed by atoms with van der Waals surface area (Å²) in [5, 5.41) is 31.3. The van der Waals surface area contributed by atoms with Gasteiger partial charge in [0.25, 0.3) is 5.91 Å². The van der Waals surface area contributed by atoms with Gasteiger partial charge in [0, 0.05) is 17.9 Å². The minimum absolute atomic E-state index is 0.192. The van der Waals surface area contributed by atoms with Gasteiger partial charge in [0.1, 0.15) is 0 Å². The van der Waals surface area contributed by atoms with Crippen molar-refractivity contribution in [3.8, 4) is 12.1 Å². The zero-order valence-electron chi connectivity index (χ0n) is 18.7. The van der Waals surface area contributed by atoms with Crippen LogP contribution in [0, 0.1) is 22.7 Å². The molecule has 0 aliphatic heterocycles. The highest BCUT2D eigenvalue weighted by molar-refractivity contribution is 5.97. The first-order valence-corrected chi connectivity index (χ1v) is 10.5. The molecule has 0 aliphatic rings. The quantitative estimate of drug-likeness (QED) is 0.506. The van der Waals surface area contributed by atoms with Crippen LogP contribution in [0.1, 0.15) is 29.2 Å². The summed E-state index contributed by atoms with van der Waals surface area (Å²) in [7, 11) is 0. The van der Waals surface area contributed by atoms with Crippen molar-refractivity contribution in [2.24, 2.45) is 0 Å². The van der Waals surface area contributed by atoms with Gasteiger partial charge in [-0.25, -0.2) is 0 Å². The normalized spacial score (nSPS) is 12.7. The third-order valence-electron chi connectivity index (χ3n) is 5.27. The van der Waals surface area contributed by atoms with Crippen LogP contribution in [0.5, 0.6) is 0 Å². The van der Waals surface area contributed by atoms with Crippen LogP contribution in [0.4, 0.5) is 24.5 Å². The molecule has 0 saturated carbocycles. The van der Waals surface area contributed by atoms with Crippen LogP contribution in [-0.2, 0) is 17.5 Å². The van der Waals surface area contributed by atoms with Crippen LogP contribution in [0.15, 0.2) is 72.8 Å². The number of nitrogens with zero attached hydrogens (tertiary/aromatic N) is 3. The standard InChI is InChI=1S/C26H21F3N4O2/c1-25(35,24(34)32-21-10-9-20(15-31)23(13-21)26(27,28)29)17-33(16-19-5-3-2-4-6-19)22-11-7-18(14-30)8-12-22/h2-13,35H,16-17H2,1H3,(H,32,34)/t25-/m0/s1. The van der Waals surface area contributed by atoms with E-state index < -0.39 is 28.8 Å². The van der Waals surface area contributed by atoms with Gasteiger partial charge in [-0.05, 0) is 55.0 Å². The van der Waals surface area contributed by atoms with E-state index in [0.717, 1.165) is 11.6 Å². The van der Waals surface area contributed by atoms with E-state index in [9.17, 15) is 23.1 Å². The maximum atomic E-state index is 13.3. The van der Waals surface area contributed by atoms with Crippen molar-refractivity contribution in [3.63, 3.8) is 0 Å². The summed E-state index contributed by atoms with van der Waals surface area (Å²) in [5.74, 6) is -0.915. The lowest BCUT2D eigenvalue weighted by molar-refractivity contribution is -0.138. The molecule has 0 aliphatic carbocycles. The zero-order chi connectivity index (χ0) is 25.6. The Hall–Kier alpha value is -4.34. The number of carbonyl (C=O) groups excluding carboxylic acids is 1. The van der Waals surface area contributed by atoms with Crippen LogP contribution in [0.2, 0.25) is 0 Å². The maximum Gasteiger partial charge on any atom is 0.417 e. The fourth-order valence-corrected chi connectivity index (χ4v) is 3.45.